The highest BCUT2D eigenvalue weighted by atomic mass is 32.2. The van der Waals surface area contributed by atoms with E-state index in [1.165, 1.54) is 6.42 Å². The largest absolute Gasteiger partial charge is 0.324 e. The molecule has 3 heteroatoms. The zero-order valence-corrected chi connectivity index (χ0v) is 11.9. The molecular weight excluding hydrogens is 233 g/mol. The van der Waals surface area contributed by atoms with Crippen LogP contribution in [-0.4, -0.2) is 5.75 Å². The molecule has 1 aromatic rings. The lowest BCUT2D eigenvalue weighted by atomic mass is 10.1. The summed E-state index contributed by atoms with van der Waals surface area (Å²) in [5, 5.41) is 0. The van der Waals surface area contributed by atoms with Gasteiger partial charge in [0.25, 0.3) is 0 Å². The Hall–Kier alpha value is -0.540. The average molecular weight is 255 g/mol. The fourth-order valence-electron chi connectivity index (χ4n) is 1.50. The van der Waals surface area contributed by atoms with Gasteiger partial charge in [-0.25, -0.2) is 4.39 Å². The van der Waals surface area contributed by atoms with E-state index >= 15 is 0 Å². The molecule has 0 amide bonds. The normalized spacial score (nSPS) is 14.7. The predicted molar refractivity (Wildman–Crippen MR) is 73.9 cm³/mol. The van der Waals surface area contributed by atoms with Gasteiger partial charge in [0.2, 0.25) is 0 Å². The first-order chi connectivity index (χ1) is 7.95. The van der Waals surface area contributed by atoms with Crippen LogP contribution in [0.5, 0.6) is 0 Å². The van der Waals surface area contributed by atoms with Gasteiger partial charge >= 0.3 is 0 Å². The summed E-state index contributed by atoms with van der Waals surface area (Å²) in [6.07, 6.45) is 1.17. The van der Waals surface area contributed by atoms with Crippen molar-refractivity contribution >= 4 is 11.8 Å². The van der Waals surface area contributed by atoms with Gasteiger partial charge in [-0.2, -0.15) is 0 Å². The van der Waals surface area contributed by atoms with Crippen molar-refractivity contribution in [2.75, 3.05) is 5.75 Å². The maximum absolute atomic E-state index is 13.5. The molecule has 96 valence electrons. The zero-order chi connectivity index (χ0) is 13.0. The van der Waals surface area contributed by atoms with E-state index < -0.39 is 0 Å². The Balaban J connectivity index is 2.92. The van der Waals surface area contributed by atoms with Crippen molar-refractivity contribution in [1.82, 2.24) is 0 Å². The summed E-state index contributed by atoms with van der Waals surface area (Å²) in [7, 11) is 0. The monoisotopic (exact) mass is 255 g/mol. The molecule has 0 aliphatic carbocycles. The molecule has 0 fully saturated rings. The maximum Gasteiger partial charge on any atom is 0.126 e. The van der Waals surface area contributed by atoms with E-state index in [0.717, 1.165) is 16.2 Å². The Labute approximate surface area is 108 Å². The summed E-state index contributed by atoms with van der Waals surface area (Å²) in [6.45, 7) is 8.12. The van der Waals surface area contributed by atoms with E-state index in [1.807, 2.05) is 13.0 Å². The number of nitrogens with two attached hydrogens (primary N) is 1. The highest BCUT2D eigenvalue weighted by Gasteiger charge is 2.12. The molecule has 1 unspecified atom stereocenters. The standard InChI is InChI=1S/C14H22FNS/c1-5-9(2)8-17-14-6-10(3)13(15)7-12(14)11(4)16/h6-7,9,11H,5,8,16H2,1-4H3/t9?,11-/m1/s1. The van der Waals surface area contributed by atoms with E-state index in [4.69, 9.17) is 5.73 Å². The molecule has 2 atom stereocenters. The van der Waals surface area contributed by atoms with Crippen molar-refractivity contribution in [3.05, 3.63) is 29.1 Å². The van der Waals surface area contributed by atoms with Gasteiger partial charge in [-0.3, -0.25) is 0 Å². The number of halogens is 1. The Morgan fingerprint density at radius 2 is 2.00 bits per heavy atom. The molecular formula is C14H22FNS. The summed E-state index contributed by atoms with van der Waals surface area (Å²) in [4.78, 5) is 1.12. The van der Waals surface area contributed by atoms with Crippen molar-refractivity contribution < 1.29 is 4.39 Å². The minimum atomic E-state index is -0.162. The van der Waals surface area contributed by atoms with Crippen molar-refractivity contribution in [3.63, 3.8) is 0 Å². The lowest BCUT2D eigenvalue weighted by Gasteiger charge is -2.15. The second kappa shape index (κ2) is 6.41. The third kappa shape index (κ3) is 4.00. The molecule has 1 rings (SSSR count). The van der Waals surface area contributed by atoms with Crippen molar-refractivity contribution in [2.45, 2.75) is 45.1 Å². The first kappa shape index (κ1) is 14.5. The Kier molecular flexibility index (Phi) is 5.47. The molecule has 0 aromatic heterocycles. The van der Waals surface area contributed by atoms with Crippen LogP contribution in [0.25, 0.3) is 0 Å². The second-order valence-electron chi connectivity index (χ2n) is 4.75. The molecule has 0 bridgehead atoms. The molecule has 0 aliphatic rings. The number of hydrogen-bond donors (Lipinski definition) is 1. The Morgan fingerprint density at radius 1 is 1.35 bits per heavy atom. The summed E-state index contributed by atoms with van der Waals surface area (Å²) >= 11 is 1.78. The average Bonchev–Trinajstić information content (AvgIpc) is 2.29. The van der Waals surface area contributed by atoms with Crippen LogP contribution >= 0.6 is 11.8 Å². The minimum Gasteiger partial charge on any atom is -0.324 e. The lowest BCUT2D eigenvalue weighted by Crippen LogP contribution is -2.08. The van der Waals surface area contributed by atoms with Crippen LogP contribution in [0, 0.1) is 18.7 Å². The van der Waals surface area contributed by atoms with Gasteiger partial charge in [-0.15, -0.1) is 11.8 Å². The zero-order valence-electron chi connectivity index (χ0n) is 11.1. The van der Waals surface area contributed by atoms with E-state index in [1.54, 1.807) is 24.8 Å². The first-order valence-corrected chi connectivity index (χ1v) is 7.12. The van der Waals surface area contributed by atoms with E-state index in [0.29, 0.717) is 11.5 Å². The fourth-order valence-corrected chi connectivity index (χ4v) is 2.87. The van der Waals surface area contributed by atoms with Crippen LogP contribution < -0.4 is 5.73 Å². The highest BCUT2D eigenvalue weighted by Crippen LogP contribution is 2.30. The minimum absolute atomic E-state index is 0.121. The van der Waals surface area contributed by atoms with E-state index in [2.05, 4.69) is 13.8 Å². The van der Waals surface area contributed by atoms with Gasteiger partial charge in [0.15, 0.2) is 0 Å². The van der Waals surface area contributed by atoms with Crippen LogP contribution in [0.1, 0.15) is 44.4 Å². The Morgan fingerprint density at radius 3 is 2.53 bits per heavy atom. The van der Waals surface area contributed by atoms with Crippen molar-refractivity contribution in [3.8, 4) is 0 Å². The summed E-state index contributed by atoms with van der Waals surface area (Å²) in [5.74, 6) is 1.57. The van der Waals surface area contributed by atoms with Gasteiger partial charge in [-0.1, -0.05) is 20.3 Å². The fraction of sp³-hybridized carbons (Fsp3) is 0.571. The SMILES string of the molecule is CCC(C)CSc1cc(C)c(F)cc1[C@@H](C)N. The number of rotatable bonds is 5. The van der Waals surface area contributed by atoms with Gasteiger partial charge in [0, 0.05) is 16.7 Å². The van der Waals surface area contributed by atoms with Crippen molar-refractivity contribution in [1.29, 1.82) is 0 Å². The third-order valence-electron chi connectivity index (χ3n) is 3.00. The molecule has 1 aromatic carbocycles. The van der Waals surface area contributed by atoms with Crippen LogP contribution in [0.4, 0.5) is 4.39 Å². The quantitative estimate of drug-likeness (QED) is 0.794. The highest BCUT2D eigenvalue weighted by molar-refractivity contribution is 7.99. The van der Waals surface area contributed by atoms with Crippen LogP contribution in [0.2, 0.25) is 0 Å². The molecule has 0 saturated heterocycles. The summed E-state index contributed by atoms with van der Waals surface area (Å²) in [5.41, 5.74) is 7.51. The molecule has 0 heterocycles. The van der Waals surface area contributed by atoms with Gasteiger partial charge < -0.3 is 5.73 Å². The summed E-state index contributed by atoms with van der Waals surface area (Å²) in [6, 6.07) is 3.38. The number of thioether (sulfide) groups is 1. The van der Waals surface area contributed by atoms with Gasteiger partial charge in [0.1, 0.15) is 5.82 Å². The second-order valence-corrected chi connectivity index (χ2v) is 5.81. The predicted octanol–water partition coefficient (Wildman–Crippen LogP) is 4.29. The molecule has 0 spiro atoms. The van der Waals surface area contributed by atoms with Crippen LogP contribution in [0.15, 0.2) is 17.0 Å². The molecule has 0 radical (unpaired) electrons. The van der Waals surface area contributed by atoms with Gasteiger partial charge in [0.05, 0.1) is 0 Å². The smallest absolute Gasteiger partial charge is 0.126 e. The summed E-state index contributed by atoms with van der Waals surface area (Å²) < 4.78 is 13.5. The van der Waals surface area contributed by atoms with E-state index in [9.17, 15) is 4.39 Å². The van der Waals surface area contributed by atoms with Crippen LogP contribution in [0.3, 0.4) is 0 Å². The molecule has 1 nitrogen and oxygen atoms in total. The van der Waals surface area contributed by atoms with E-state index in [-0.39, 0.29) is 11.9 Å². The third-order valence-corrected chi connectivity index (χ3v) is 4.40. The topological polar surface area (TPSA) is 26.0 Å². The molecule has 17 heavy (non-hydrogen) atoms. The first-order valence-electron chi connectivity index (χ1n) is 6.14. The molecule has 2 N–H and O–H groups in total. The Bertz CT molecular complexity index is 377. The molecule has 0 saturated carbocycles. The van der Waals surface area contributed by atoms with Crippen molar-refractivity contribution in [2.24, 2.45) is 11.7 Å². The number of aryl methyl sites for hydroxylation is 1. The maximum atomic E-state index is 13.5. The lowest BCUT2D eigenvalue weighted by molar-refractivity contribution is 0.609. The van der Waals surface area contributed by atoms with Crippen LogP contribution in [-0.2, 0) is 0 Å². The molecule has 0 aliphatic heterocycles. The number of hydrogen-bond acceptors (Lipinski definition) is 2. The number of benzene rings is 1. The van der Waals surface area contributed by atoms with Gasteiger partial charge in [-0.05, 0) is 43.0 Å².